The maximum atomic E-state index is 11.4. The highest BCUT2D eigenvalue weighted by molar-refractivity contribution is 7.89. The molecule has 6 heteroatoms. The molecule has 0 bridgehead atoms. The zero-order chi connectivity index (χ0) is 10.8. The van der Waals surface area contributed by atoms with Crippen molar-refractivity contribution in [2.75, 3.05) is 7.05 Å². The summed E-state index contributed by atoms with van der Waals surface area (Å²) in [6, 6.07) is 0. The number of aromatic nitrogens is 2. The zero-order valence-corrected chi connectivity index (χ0v) is 9.43. The Balaban J connectivity index is 3.08. The highest BCUT2D eigenvalue weighted by atomic mass is 32.2. The maximum absolute atomic E-state index is 11.4. The van der Waals surface area contributed by atoms with E-state index in [1.54, 1.807) is 13.1 Å². The summed E-state index contributed by atoms with van der Waals surface area (Å²) in [5, 5.41) is 0.0888. The van der Waals surface area contributed by atoms with Crippen molar-refractivity contribution in [2.45, 2.75) is 31.8 Å². The van der Waals surface area contributed by atoms with Gasteiger partial charge in [0.1, 0.15) is 5.82 Å². The lowest BCUT2D eigenvalue weighted by Crippen LogP contribution is -2.18. The normalized spacial score (nSPS) is 11.9. The zero-order valence-electron chi connectivity index (χ0n) is 8.61. The van der Waals surface area contributed by atoms with Crippen molar-refractivity contribution in [3.8, 4) is 0 Å². The summed E-state index contributed by atoms with van der Waals surface area (Å²) >= 11 is 0. The number of hydrogen-bond donors (Lipinski definition) is 1. The molecule has 0 amide bonds. The molecule has 0 saturated carbocycles. The third-order valence-corrected chi connectivity index (χ3v) is 3.25. The van der Waals surface area contributed by atoms with Crippen molar-refractivity contribution < 1.29 is 8.42 Å². The standard InChI is InChI=1S/C8H15N3O2S/c1-4-5-11-6-8(10-7(11)2)14(12,13)9-3/h6,9H,4-5H2,1-3H3. The lowest BCUT2D eigenvalue weighted by molar-refractivity contribution is 0.584. The number of imidazole rings is 1. The summed E-state index contributed by atoms with van der Waals surface area (Å²) in [6.45, 7) is 4.62. The van der Waals surface area contributed by atoms with Crippen LogP contribution >= 0.6 is 0 Å². The van der Waals surface area contributed by atoms with Gasteiger partial charge in [0.05, 0.1) is 0 Å². The largest absolute Gasteiger partial charge is 0.334 e. The van der Waals surface area contributed by atoms with Gasteiger partial charge in [-0.05, 0) is 20.4 Å². The van der Waals surface area contributed by atoms with Crippen LogP contribution in [0.3, 0.4) is 0 Å². The average Bonchev–Trinajstić information content (AvgIpc) is 2.49. The fourth-order valence-electron chi connectivity index (χ4n) is 1.18. The summed E-state index contributed by atoms with van der Waals surface area (Å²) in [4.78, 5) is 3.98. The maximum Gasteiger partial charge on any atom is 0.259 e. The van der Waals surface area contributed by atoms with E-state index in [9.17, 15) is 8.42 Å². The first-order valence-electron chi connectivity index (χ1n) is 4.48. The molecule has 1 heterocycles. The second kappa shape index (κ2) is 4.10. The van der Waals surface area contributed by atoms with E-state index in [4.69, 9.17) is 0 Å². The molecule has 5 nitrogen and oxygen atoms in total. The average molecular weight is 217 g/mol. The highest BCUT2D eigenvalue weighted by Gasteiger charge is 2.16. The summed E-state index contributed by atoms with van der Waals surface area (Å²) in [5.74, 6) is 0.723. The Morgan fingerprint density at radius 2 is 2.21 bits per heavy atom. The van der Waals surface area contributed by atoms with E-state index in [1.807, 2.05) is 11.5 Å². The summed E-state index contributed by atoms with van der Waals surface area (Å²) in [5.41, 5.74) is 0. The van der Waals surface area contributed by atoms with E-state index in [2.05, 4.69) is 9.71 Å². The van der Waals surface area contributed by atoms with Crippen molar-refractivity contribution in [1.29, 1.82) is 0 Å². The van der Waals surface area contributed by atoms with Crippen molar-refractivity contribution >= 4 is 10.0 Å². The molecule has 0 aromatic carbocycles. The molecule has 0 unspecified atom stereocenters. The van der Waals surface area contributed by atoms with Crippen molar-refractivity contribution in [3.05, 3.63) is 12.0 Å². The topological polar surface area (TPSA) is 64.0 Å². The molecule has 1 aromatic rings. The third kappa shape index (κ3) is 2.13. The van der Waals surface area contributed by atoms with Crippen molar-refractivity contribution in [3.63, 3.8) is 0 Å². The summed E-state index contributed by atoms with van der Waals surface area (Å²) in [7, 11) is -2.02. The van der Waals surface area contributed by atoms with Gasteiger partial charge in [-0.1, -0.05) is 6.92 Å². The van der Waals surface area contributed by atoms with Crippen LogP contribution in [-0.2, 0) is 16.6 Å². The molecule has 0 spiro atoms. The first kappa shape index (κ1) is 11.2. The predicted octanol–water partition coefficient (Wildman–Crippen LogP) is 0.510. The van der Waals surface area contributed by atoms with Crippen molar-refractivity contribution in [1.82, 2.24) is 14.3 Å². The molecule has 0 aliphatic rings. The number of hydrogen-bond acceptors (Lipinski definition) is 3. The Kier molecular flexibility index (Phi) is 3.28. The van der Waals surface area contributed by atoms with Crippen LogP contribution in [0.15, 0.2) is 11.2 Å². The molecule has 0 aliphatic heterocycles. The van der Waals surface area contributed by atoms with E-state index in [0.29, 0.717) is 0 Å². The van der Waals surface area contributed by atoms with Gasteiger partial charge in [0.25, 0.3) is 10.0 Å². The highest BCUT2D eigenvalue weighted by Crippen LogP contribution is 2.08. The van der Waals surface area contributed by atoms with Gasteiger partial charge in [0.15, 0.2) is 5.03 Å². The number of nitrogens with one attached hydrogen (secondary N) is 1. The van der Waals surface area contributed by atoms with Gasteiger partial charge in [-0.3, -0.25) is 0 Å². The lowest BCUT2D eigenvalue weighted by atomic mass is 10.5. The fourth-order valence-corrected chi connectivity index (χ4v) is 1.91. The fraction of sp³-hybridized carbons (Fsp3) is 0.625. The van der Waals surface area contributed by atoms with Crippen LogP contribution < -0.4 is 4.72 Å². The molecule has 0 aliphatic carbocycles. The Hall–Kier alpha value is -0.880. The van der Waals surface area contributed by atoms with E-state index >= 15 is 0 Å². The number of rotatable bonds is 4. The molecule has 80 valence electrons. The predicted molar refractivity (Wildman–Crippen MR) is 53.5 cm³/mol. The van der Waals surface area contributed by atoms with E-state index < -0.39 is 10.0 Å². The molecule has 1 aromatic heterocycles. The number of nitrogens with zero attached hydrogens (tertiary/aromatic N) is 2. The minimum absolute atomic E-state index is 0.0888. The monoisotopic (exact) mass is 217 g/mol. The molecule has 0 radical (unpaired) electrons. The quantitative estimate of drug-likeness (QED) is 0.799. The first-order valence-corrected chi connectivity index (χ1v) is 5.97. The van der Waals surface area contributed by atoms with E-state index in [-0.39, 0.29) is 5.03 Å². The van der Waals surface area contributed by atoms with Crippen molar-refractivity contribution in [2.24, 2.45) is 0 Å². The van der Waals surface area contributed by atoms with Gasteiger partial charge < -0.3 is 4.57 Å². The van der Waals surface area contributed by atoms with Crippen LogP contribution in [-0.4, -0.2) is 25.0 Å². The third-order valence-electron chi connectivity index (χ3n) is 1.96. The molecule has 0 saturated heterocycles. The summed E-state index contributed by atoms with van der Waals surface area (Å²) in [6.07, 6.45) is 2.51. The molecular formula is C8H15N3O2S. The Labute approximate surface area is 84.2 Å². The minimum atomic E-state index is -3.40. The van der Waals surface area contributed by atoms with Gasteiger partial charge in [0.2, 0.25) is 0 Å². The van der Waals surface area contributed by atoms with Gasteiger partial charge in [-0.25, -0.2) is 18.1 Å². The number of sulfonamides is 1. The second-order valence-corrected chi connectivity index (χ2v) is 4.86. The minimum Gasteiger partial charge on any atom is -0.334 e. The molecule has 1 rings (SSSR count). The molecule has 14 heavy (non-hydrogen) atoms. The van der Waals surface area contributed by atoms with Gasteiger partial charge in [-0.2, -0.15) is 0 Å². The summed E-state index contributed by atoms with van der Waals surface area (Å²) < 4.78 is 26.8. The van der Waals surface area contributed by atoms with Crippen LogP contribution in [0.4, 0.5) is 0 Å². The smallest absolute Gasteiger partial charge is 0.259 e. The van der Waals surface area contributed by atoms with Gasteiger partial charge in [-0.15, -0.1) is 0 Å². The number of aryl methyl sites for hydroxylation is 2. The SMILES string of the molecule is CCCn1cc(S(=O)(=O)NC)nc1C. The van der Waals surface area contributed by atoms with Crippen LogP contribution in [0.1, 0.15) is 19.2 Å². The van der Waals surface area contributed by atoms with E-state index in [1.165, 1.54) is 7.05 Å². The van der Waals surface area contributed by atoms with Gasteiger partial charge in [0, 0.05) is 12.7 Å². The van der Waals surface area contributed by atoms with Crippen LogP contribution in [0.2, 0.25) is 0 Å². The van der Waals surface area contributed by atoms with Crippen LogP contribution in [0.25, 0.3) is 0 Å². The van der Waals surface area contributed by atoms with Gasteiger partial charge >= 0.3 is 0 Å². The molecule has 0 fully saturated rings. The molecule has 0 atom stereocenters. The Morgan fingerprint density at radius 3 is 2.71 bits per heavy atom. The first-order chi connectivity index (χ1) is 6.51. The van der Waals surface area contributed by atoms with E-state index in [0.717, 1.165) is 18.8 Å². The van der Waals surface area contributed by atoms with Crippen LogP contribution in [0.5, 0.6) is 0 Å². The molecular weight excluding hydrogens is 202 g/mol. The Morgan fingerprint density at radius 1 is 1.57 bits per heavy atom. The lowest BCUT2D eigenvalue weighted by Gasteiger charge is -1.99. The molecule has 1 N–H and O–H groups in total. The second-order valence-electron chi connectivity index (χ2n) is 3.03. The Bertz CT molecular complexity index is 408. The van der Waals surface area contributed by atoms with Crippen LogP contribution in [0, 0.1) is 6.92 Å².